The molecule has 10 heteroatoms. The smallest absolute Gasteiger partial charge is 0.305 e. The summed E-state index contributed by atoms with van der Waals surface area (Å²) < 4.78 is 16.7. The predicted molar refractivity (Wildman–Crippen MR) is 127 cm³/mol. The molecule has 4 aromatic rings. The molecule has 0 saturated carbocycles. The zero-order valence-electron chi connectivity index (χ0n) is 18.2. The summed E-state index contributed by atoms with van der Waals surface area (Å²) >= 11 is 1.38. The van der Waals surface area contributed by atoms with Crippen molar-refractivity contribution in [3.8, 4) is 5.75 Å². The van der Waals surface area contributed by atoms with Crippen LogP contribution in [0.1, 0.15) is 26.8 Å². The Balaban J connectivity index is 1.12. The van der Waals surface area contributed by atoms with Gasteiger partial charge in [0.2, 0.25) is 0 Å². The Morgan fingerprint density at radius 2 is 1.79 bits per heavy atom. The van der Waals surface area contributed by atoms with Crippen LogP contribution < -0.4 is 20.5 Å². The SMILES string of the molecule is O=C(NNC(=O)c1ccc(COc2ccc3ccccc3c2)o1)c1csc(N2CCOCC2)n1. The Morgan fingerprint density at radius 3 is 2.65 bits per heavy atom. The van der Waals surface area contributed by atoms with Gasteiger partial charge in [-0.2, -0.15) is 0 Å². The quantitative estimate of drug-likeness (QED) is 0.409. The van der Waals surface area contributed by atoms with Crippen LogP contribution in [0.25, 0.3) is 10.8 Å². The first-order valence-electron chi connectivity index (χ1n) is 10.7. The summed E-state index contributed by atoms with van der Waals surface area (Å²) in [6.07, 6.45) is 0. The van der Waals surface area contributed by atoms with Gasteiger partial charge >= 0.3 is 5.91 Å². The molecule has 5 rings (SSSR count). The van der Waals surface area contributed by atoms with E-state index < -0.39 is 11.8 Å². The van der Waals surface area contributed by atoms with Crippen molar-refractivity contribution >= 4 is 39.1 Å². The van der Waals surface area contributed by atoms with Crippen molar-refractivity contribution in [1.29, 1.82) is 0 Å². The molecular weight excluding hydrogens is 456 g/mol. The molecule has 174 valence electrons. The molecule has 0 atom stereocenters. The lowest BCUT2D eigenvalue weighted by atomic mass is 10.1. The molecule has 0 spiro atoms. The number of hydrogen-bond acceptors (Lipinski definition) is 8. The molecule has 0 bridgehead atoms. The maximum Gasteiger partial charge on any atom is 0.305 e. The Labute approximate surface area is 199 Å². The zero-order valence-corrected chi connectivity index (χ0v) is 19.0. The van der Waals surface area contributed by atoms with Gasteiger partial charge in [-0.05, 0) is 35.0 Å². The Bertz CT molecular complexity index is 1310. The Kier molecular flexibility index (Phi) is 6.41. The molecule has 0 radical (unpaired) electrons. The van der Waals surface area contributed by atoms with E-state index >= 15 is 0 Å². The molecule has 9 nitrogen and oxygen atoms in total. The number of benzene rings is 2. The first kappa shape index (κ1) is 21.9. The van der Waals surface area contributed by atoms with Crippen molar-refractivity contribution in [3.05, 3.63) is 77.2 Å². The number of amides is 2. The van der Waals surface area contributed by atoms with Crippen LogP contribution in [0.15, 0.2) is 64.4 Å². The van der Waals surface area contributed by atoms with Crippen LogP contribution in [0.5, 0.6) is 5.75 Å². The lowest BCUT2D eigenvalue weighted by molar-refractivity contribution is 0.0826. The highest BCUT2D eigenvalue weighted by atomic mass is 32.1. The van der Waals surface area contributed by atoms with Crippen molar-refractivity contribution in [2.45, 2.75) is 6.61 Å². The fraction of sp³-hybridized carbons (Fsp3) is 0.208. The minimum absolute atomic E-state index is 0.0599. The summed E-state index contributed by atoms with van der Waals surface area (Å²) in [5, 5.41) is 4.61. The molecule has 2 amide bonds. The number of morpholine rings is 1. The van der Waals surface area contributed by atoms with Crippen LogP contribution in [-0.2, 0) is 11.3 Å². The Morgan fingerprint density at radius 1 is 1.00 bits per heavy atom. The fourth-order valence-corrected chi connectivity index (χ4v) is 4.36. The number of furan rings is 1. The molecular formula is C24H22N4O5S. The number of anilines is 1. The van der Waals surface area contributed by atoms with Gasteiger partial charge in [-0.1, -0.05) is 30.3 Å². The van der Waals surface area contributed by atoms with Crippen LogP contribution in [0.3, 0.4) is 0 Å². The number of ether oxygens (including phenoxy) is 2. The molecule has 2 aromatic carbocycles. The fourth-order valence-electron chi connectivity index (χ4n) is 3.50. The normalized spacial score (nSPS) is 13.6. The van der Waals surface area contributed by atoms with Gasteiger partial charge < -0.3 is 18.8 Å². The zero-order chi connectivity index (χ0) is 23.3. The van der Waals surface area contributed by atoms with Gasteiger partial charge in [0.25, 0.3) is 5.91 Å². The summed E-state index contributed by atoms with van der Waals surface area (Å²) in [6, 6.07) is 17.0. The van der Waals surface area contributed by atoms with Gasteiger partial charge in [-0.15, -0.1) is 11.3 Å². The third-order valence-electron chi connectivity index (χ3n) is 5.28. The van der Waals surface area contributed by atoms with Gasteiger partial charge in [0.05, 0.1) is 13.2 Å². The number of carbonyl (C=O) groups excluding carboxylic acids is 2. The molecule has 3 heterocycles. The molecule has 0 aliphatic carbocycles. The third-order valence-corrected chi connectivity index (χ3v) is 6.18. The minimum atomic E-state index is -0.575. The van der Waals surface area contributed by atoms with Gasteiger partial charge in [0.1, 0.15) is 23.8 Å². The number of thiazole rings is 1. The lowest BCUT2D eigenvalue weighted by Gasteiger charge is -2.25. The maximum absolute atomic E-state index is 12.4. The first-order valence-corrected chi connectivity index (χ1v) is 11.6. The third kappa shape index (κ3) is 5.03. The van der Waals surface area contributed by atoms with Crippen molar-refractivity contribution in [3.63, 3.8) is 0 Å². The van der Waals surface area contributed by atoms with E-state index in [1.54, 1.807) is 11.4 Å². The lowest BCUT2D eigenvalue weighted by Crippen LogP contribution is -2.41. The van der Waals surface area contributed by atoms with Gasteiger partial charge in [0, 0.05) is 18.5 Å². The molecule has 2 aromatic heterocycles. The average molecular weight is 479 g/mol. The van der Waals surface area contributed by atoms with Crippen molar-refractivity contribution in [2.75, 3.05) is 31.2 Å². The van der Waals surface area contributed by atoms with Crippen LogP contribution in [0.4, 0.5) is 5.13 Å². The van der Waals surface area contributed by atoms with E-state index in [0.29, 0.717) is 24.7 Å². The molecule has 0 unspecified atom stereocenters. The van der Waals surface area contributed by atoms with E-state index in [0.717, 1.165) is 29.0 Å². The van der Waals surface area contributed by atoms with E-state index in [-0.39, 0.29) is 18.1 Å². The topological polar surface area (TPSA) is 106 Å². The number of hydrazine groups is 1. The Hall–Kier alpha value is -3.89. The van der Waals surface area contributed by atoms with Gasteiger partial charge in [-0.25, -0.2) is 4.98 Å². The largest absolute Gasteiger partial charge is 0.486 e. The number of carbonyl (C=O) groups is 2. The first-order chi connectivity index (χ1) is 16.7. The summed E-state index contributed by atoms with van der Waals surface area (Å²) in [7, 11) is 0. The number of hydrogen-bond donors (Lipinski definition) is 2. The summed E-state index contributed by atoms with van der Waals surface area (Å²) in [5.74, 6) is 0.168. The second kappa shape index (κ2) is 9.94. The second-order valence-electron chi connectivity index (χ2n) is 7.59. The molecule has 1 saturated heterocycles. The van der Waals surface area contributed by atoms with E-state index in [9.17, 15) is 9.59 Å². The average Bonchev–Trinajstić information content (AvgIpc) is 3.57. The standard InChI is InChI=1S/C24H22N4O5S/c29-22(20-15-34-24(25-20)28-9-11-31-12-10-28)26-27-23(30)21-8-7-19(33-21)14-32-18-6-5-16-3-1-2-4-17(16)13-18/h1-8,13,15H,9-12,14H2,(H,26,29)(H,27,30). The molecule has 2 N–H and O–H groups in total. The second-order valence-corrected chi connectivity index (χ2v) is 8.42. The van der Waals surface area contributed by atoms with Gasteiger partial charge in [0.15, 0.2) is 10.9 Å². The van der Waals surface area contributed by atoms with E-state index in [2.05, 4.69) is 20.7 Å². The summed E-state index contributed by atoms with van der Waals surface area (Å²) in [6.45, 7) is 2.90. The van der Waals surface area contributed by atoms with Crippen LogP contribution in [0.2, 0.25) is 0 Å². The van der Waals surface area contributed by atoms with Crippen LogP contribution in [0, 0.1) is 0 Å². The number of aromatic nitrogens is 1. The number of rotatable bonds is 6. The number of nitrogens with zero attached hydrogens (tertiary/aromatic N) is 2. The van der Waals surface area contributed by atoms with Crippen LogP contribution >= 0.6 is 11.3 Å². The summed E-state index contributed by atoms with van der Waals surface area (Å²) in [5.41, 5.74) is 4.95. The number of fused-ring (bicyclic) bond motifs is 1. The molecule has 1 aliphatic rings. The minimum Gasteiger partial charge on any atom is -0.486 e. The molecule has 1 fully saturated rings. The van der Waals surface area contributed by atoms with E-state index in [4.69, 9.17) is 13.9 Å². The highest BCUT2D eigenvalue weighted by Crippen LogP contribution is 2.22. The van der Waals surface area contributed by atoms with Crippen molar-refractivity contribution < 1.29 is 23.5 Å². The number of nitrogens with one attached hydrogen (secondary N) is 2. The highest BCUT2D eigenvalue weighted by Gasteiger charge is 2.18. The maximum atomic E-state index is 12.4. The van der Waals surface area contributed by atoms with Crippen LogP contribution in [-0.4, -0.2) is 43.1 Å². The molecule has 34 heavy (non-hydrogen) atoms. The van der Waals surface area contributed by atoms with Crippen molar-refractivity contribution in [1.82, 2.24) is 15.8 Å². The van der Waals surface area contributed by atoms with E-state index in [1.807, 2.05) is 42.5 Å². The predicted octanol–water partition coefficient (Wildman–Crippen LogP) is 3.38. The summed E-state index contributed by atoms with van der Waals surface area (Å²) in [4.78, 5) is 31.1. The highest BCUT2D eigenvalue weighted by molar-refractivity contribution is 7.13. The van der Waals surface area contributed by atoms with E-state index in [1.165, 1.54) is 17.4 Å². The monoisotopic (exact) mass is 478 g/mol. The molecule has 1 aliphatic heterocycles. The van der Waals surface area contributed by atoms with Crippen molar-refractivity contribution in [2.24, 2.45) is 0 Å². The van der Waals surface area contributed by atoms with Gasteiger partial charge in [-0.3, -0.25) is 20.4 Å².